The third-order valence-electron chi connectivity index (χ3n) is 5.97. The summed E-state index contributed by atoms with van der Waals surface area (Å²) in [5.74, 6) is 1.30. The van der Waals surface area contributed by atoms with Gasteiger partial charge in [-0.1, -0.05) is 13.3 Å². The molecule has 1 aliphatic heterocycles. The summed E-state index contributed by atoms with van der Waals surface area (Å²) in [7, 11) is -3.29. The maximum Gasteiger partial charge on any atom is 0.258 e. The molecule has 4 rings (SSSR count). The molecule has 3 heterocycles. The van der Waals surface area contributed by atoms with Gasteiger partial charge in [-0.25, -0.2) is 18.4 Å². The lowest BCUT2D eigenvalue weighted by Crippen LogP contribution is -2.39. The molecule has 0 spiro atoms. The molecule has 34 heavy (non-hydrogen) atoms. The fraction of sp³-hybridized carbons (Fsp3) is 0.400. The van der Waals surface area contributed by atoms with Crippen molar-refractivity contribution in [3.05, 3.63) is 70.4 Å². The number of hydrogen-bond donors (Lipinski definition) is 0. The maximum absolute atomic E-state index is 12.8. The second-order valence-electron chi connectivity index (χ2n) is 8.72. The Hall–Kier alpha value is -3.20. The van der Waals surface area contributed by atoms with E-state index in [-0.39, 0.29) is 16.6 Å². The van der Waals surface area contributed by atoms with Gasteiger partial charge in [-0.3, -0.25) is 9.36 Å². The Kier molecular flexibility index (Phi) is 7.02. The van der Waals surface area contributed by atoms with E-state index < -0.39 is 9.84 Å². The van der Waals surface area contributed by atoms with Crippen LogP contribution in [0.3, 0.4) is 0 Å². The molecule has 0 saturated carbocycles. The number of nitrogens with zero attached hydrogens (tertiary/aromatic N) is 4. The molecule has 0 amide bonds. The lowest BCUT2D eigenvalue weighted by Gasteiger charge is -2.32. The van der Waals surface area contributed by atoms with E-state index in [1.807, 2.05) is 25.4 Å². The SMILES string of the molecule is CCCc1cnc(N2CCC(Oc3cc(C)n(-c4ccc(S(C)(=O)=O)cc4)c(=O)c3)CC2)nc1. The average molecular weight is 483 g/mol. The first kappa shape index (κ1) is 23.9. The number of sulfone groups is 1. The standard InChI is InChI=1S/C25H30N4O4S/c1-4-5-19-16-26-25(27-17-19)28-12-10-21(11-13-28)33-22-14-18(2)29(24(30)15-22)20-6-8-23(9-7-20)34(3,31)32/h6-9,14-17,21H,4-5,10-13H2,1-3H3. The predicted molar refractivity (Wildman–Crippen MR) is 132 cm³/mol. The van der Waals surface area contributed by atoms with Crippen LogP contribution in [0.1, 0.15) is 37.4 Å². The lowest BCUT2D eigenvalue weighted by atomic mass is 10.1. The molecule has 1 aromatic carbocycles. The molecule has 3 aromatic rings. The van der Waals surface area contributed by atoms with Crippen molar-refractivity contribution in [1.82, 2.24) is 14.5 Å². The normalized spacial score (nSPS) is 14.9. The van der Waals surface area contributed by atoms with Gasteiger partial charge in [0.2, 0.25) is 5.95 Å². The van der Waals surface area contributed by atoms with Gasteiger partial charge in [0.05, 0.1) is 4.90 Å². The van der Waals surface area contributed by atoms with E-state index in [0.29, 0.717) is 17.1 Å². The molecule has 0 atom stereocenters. The molecule has 0 bridgehead atoms. The maximum atomic E-state index is 12.8. The molecule has 8 nitrogen and oxygen atoms in total. The number of benzene rings is 1. The molecule has 0 radical (unpaired) electrons. The third kappa shape index (κ3) is 5.47. The highest BCUT2D eigenvalue weighted by Gasteiger charge is 2.23. The zero-order chi connectivity index (χ0) is 24.3. The summed E-state index contributed by atoms with van der Waals surface area (Å²) < 4.78 is 31.1. The van der Waals surface area contributed by atoms with Gasteiger partial charge < -0.3 is 9.64 Å². The van der Waals surface area contributed by atoms with Crippen molar-refractivity contribution < 1.29 is 13.2 Å². The number of anilines is 1. The van der Waals surface area contributed by atoms with Crippen LogP contribution < -0.4 is 15.2 Å². The van der Waals surface area contributed by atoms with Crippen LogP contribution in [0.25, 0.3) is 5.69 Å². The molecule has 0 unspecified atom stereocenters. The summed E-state index contributed by atoms with van der Waals surface area (Å²) in [6, 6.07) is 9.62. The second-order valence-corrected chi connectivity index (χ2v) is 10.7. The van der Waals surface area contributed by atoms with Crippen molar-refractivity contribution in [3.8, 4) is 11.4 Å². The van der Waals surface area contributed by atoms with Crippen molar-refractivity contribution in [2.24, 2.45) is 0 Å². The Balaban J connectivity index is 1.41. The molecule has 1 fully saturated rings. The molecule has 9 heteroatoms. The number of rotatable bonds is 7. The molecule has 0 N–H and O–H groups in total. The number of aryl methyl sites for hydroxylation is 2. The number of hydrogen-bond acceptors (Lipinski definition) is 7. The summed E-state index contributed by atoms with van der Waals surface area (Å²) in [4.78, 5) is 24.2. The van der Waals surface area contributed by atoms with E-state index in [1.54, 1.807) is 16.7 Å². The summed E-state index contributed by atoms with van der Waals surface area (Å²) in [6.45, 7) is 5.56. The van der Waals surface area contributed by atoms with Crippen LogP contribution in [-0.2, 0) is 16.3 Å². The van der Waals surface area contributed by atoms with Gasteiger partial charge in [-0.2, -0.15) is 0 Å². The van der Waals surface area contributed by atoms with Crippen LogP contribution in [0.15, 0.2) is 58.5 Å². The van der Waals surface area contributed by atoms with Crippen molar-refractivity contribution in [2.45, 2.75) is 50.5 Å². The van der Waals surface area contributed by atoms with Gasteiger partial charge in [0.25, 0.3) is 5.56 Å². The number of piperidine rings is 1. The Bertz CT molecular complexity index is 1290. The molecule has 1 saturated heterocycles. The van der Waals surface area contributed by atoms with Crippen LogP contribution in [0, 0.1) is 6.92 Å². The Morgan fingerprint density at radius 3 is 2.26 bits per heavy atom. The van der Waals surface area contributed by atoms with Crippen molar-refractivity contribution >= 4 is 15.8 Å². The Morgan fingerprint density at radius 2 is 1.71 bits per heavy atom. The van der Waals surface area contributed by atoms with Gasteiger partial charge in [0.15, 0.2) is 9.84 Å². The summed E-state index contributed by atoms with van der Waals surface area (Å²) in [5.41, 5.74) is 2.26. The van der Waals surface area contributed by atoms with E-state index >= 15 is 0 Å². The fourth-order valence-corrected chi connectivity index (χ4v) is 4.84. The molecule has 180 valence electrons. The lowest BCUT2D eigenvalue weighted by molar-refractivity contribution is 0.170. The molecular formula is C25H30N4O4S. The molecule has 0 aliphatic carbocycles. The van der Waals surface area contributed by atoms with Crippen LogP contribution in [0.5, 0.6) is 5.75 Å². The quantitative estimate of drug-likeness (QED) is 0.510. The summed E-state index contributed by atoms with van der Waals surface area (Å²) >= 11 is 0. The van der Waals surface area contributed by atoms with E-state index in [9.17, 15) is 13.2 Å². The van der Waals surface area contributed by atoms with Crippen LogP contribution in [0.2, 0.25) is 0 Å². The van der Waals surface area contributed by atoms with Crippen molar-refractivity contribution in [2.75, 3.05) is 24.2 Å². The first-order chi connectivity index (χ1) is 16.2. The van der Waals surface area contributed by atoms with Gasteiger partial charge in [-0.15, -0.1) is 0 Å². The zero-order valence-corrected chi connectivity index (χ0v) is 20.6. The van der Waals surface area contributed by atoms with Gasteiger partial charge in [0, 0.05) is 68.1 Å². The molecule has 2 aromatic heterocycles. The van der Waals surface area contributed by atoms with Crippen LogP contribution >= 0.6 is 0 Å². The van der Waals surface area contributed by atoms with E-state index in [1.165, 1.54) is 18.2 Å². The highest BCUT2D eigenvalue weighted by molar-refractivity contribution is 7.90. The van der Waals surface area contributed by atoms with Gasteiger partial charge in [-0.05, 0) is 43.2 Å². The van der Waals surface area contributed by atoms with E-state index in [4.69, 9.17) is 4.74 Å². The molecule has 1 aliphatic rings. The minimum Gasteiger partial charge on any atom is -0.490 e. The number of ether oxygens (including phenoxy) is 1. The second kappa shape index (κ2) is 9.97. The van der Waals surface area contributed by atoms with Crippen molar-refractivity contribution in [1.29, 1.82) is 0 Å². The minimum atomic E-state index is -3.29. The highest BCUT2D eigenvalue weighted by Crippen LogP contribution is 2.22. The third-order valence-corrected chi connectivity index (χ3v) is 7.10. The minimum absolute atomic E-state index is 0.0132. The monoisotopic (exact) mass is 482 g/mol. The van der Waals surface area contributed by atoms with E-state index in [0.717, 1.165) is 56.5 Å². The molecular weight excluding hydrogens is 452 g/mol. The first-order valence-corrected chi connectivity index (χ1v) is 13.4. The van der Waals surface area contributed by atoms with Crippen LogP contribution in [0.4, 0.5) is 5.95 Å². The Morgan fingerprint density at radius 1 is 1.06 bits per heavy atom. The first-order valence-electron chi connectivity index (χ1n) is 11.5. The summed E-state index contributed by atoms with van der Waals surface area (Å²) in [5, 5.41) is 0. The smallest absolute Gasteiger partial charge is 0.258 e. The summed E-state index contributed by atoms with van der Waals surface area (Å²) in [6.07, 6.45) is 8.67. The van der Waals surface area contributed by atoms with E-state index in [2.05, 4.69) is 21.8 Å². The zero-order valence-electron chi connectivity index (χ0n) is 19.8. The number of aromatic nitrogens is 3. The highest BCUT2D eigenvalue weighted by atomic mass is 32.2. The van der Waals surface area contributed by atoms with Gasteiger partial charge in [0.1, 0.15) is 11.9 Å². The van der Waals surface area contributed by atoms with Crippen LogP contribution in [-0.4, -0.2) is 48.4 Å². The average Bonchev–Trinajstić information content (AvgIpc) is 2.80. The Labute approximate surface area is 200 Å². The fourth-order valence-electron chi connectivity index (χ4n) is 4.21. The van der Waals surface area contributed by atoms with Crippen molar-refractivity contribution in [3.63, 3.8) is 0 Å². The number of pyridine rings is 1. The predicted octanol–water partition coefficient (Wildman–Crippen LogP) is 3.34. The largest absolute Gasteiger partial charge is 0.490 e. The topological polar surface area (TPSA) is 94.4 Å². The van der Waals surface area contributed by atoms with Gasteiger partial charge >= 0.3 is 0 Å².